The van der Waals surface area contributed by atoms with E-state index in [2.05, 4.69) is 0 Å². The Morgan fingerprint density at radius 2 is 2.00 bits per heavy atom. The lowest BCUT2D eigenvalue weighted by Gasteiger charge is -2.30. The molecule has 1 unspecified atom stereocenters. The summed E-state index contributed by atoms with van der Waals surface area (Å²) in [5.41, 5.74) is 0.313. The number of hydrogen-bond donors (Lipinski definition) is 0. The Bertz CT molecular complexity index is 613. The molecule has 1 aliphatic rings. The van der Waals surface area contributed by atoms with Gasteiger partial charge in [-0.2, -0.15) is 0 Å². The van der Waals surface area contributed by atoms with Gasteiger partial charge in [0.1, 0.15) is 11.6 Å². The van der Waals surface area contributed by atoms with Gasteiger partial charge in [-0.3, -0.25) is 9.69 Å². The van der Waals surface area contributed by atoms with Crippen molar-refractivity contribution >= 4 is 23.6 Å². The van der Waals surface area contributed by atoms with Crippen LogP contribution in [0.2, 0.25) is 5.02 Å². The van der Waals surface area contributed by atoms with Crippen molar-refractivity contribution in [2.75, 3.05) is 13.6 Å². The van der Waals surface area contributed by atoms with Gasteiger partial charge in [-0.15, -0.1) is 0 Å². The Kier molecular flexibility index (Phi) is 5.75. The van der Waals surface area contributed by atoms with Crippen LogP contribution in [-0.4, -0.2) is 47.0 Å². The van der Waals surface area contributed by atoms with Gasteiger partial charge in [-0.1, -0.05) is 29.8 Å². The fourth-order valence-electron chi connectivity index (χ4n) is 2.78. The van der Waals surface area contributed by atoms with Crippen molar-refractivity contribution in [1.82, 2.24) is 9.80 Å². The fraction of sp³-hybridized carbons (Fsp3) is 0.556. The molecule has 1 heterocycles. The molecule has 0 spiro atoms. The number of nitrogens with zero attached hydrogens (tertiary/aromatic N) is 2. The molecule has 1 fully saturated rings. The van der Waals surface area contributed by atoms with Gasteiger partial charge in [0.25, 0.3) is 0 Å². The van der Waals surface area contributed by atoms with E-state index in [4.69, 9.17) is 16.3 Å². The zero-order chi connectivity index (χ0) is 17.9. The summed E-state index contributed by atoms with van der Waals surface area (Å²) in [4.78, 5) is 28.3. The van der Waals surface area contributed by atoms with E-state index in [1.165, 1.54) is 4.90 Å². The highest BCUT2D eigenvalue weighted by Crippen LogP contribution is 2.23. The molecule has 2 amide bonds. The molecule has 132 valence electrons. The van der Waals surface area contributed by atoms with E-state index in [9.17, 15) is 9.59 Å². The molecule has 1 aliphatic heterocycles. The van der Waals surface area contributed by atoms with Crippen molar-refractivity contribution in [2.45, 2.75) is 51.8 Å². The number of carbonyl (C=O) groups excluding carboxylic acids is 2. The van der Waals surface area contributed by atoms with Crippen molar-refractivity contribution in [3.63, 3.8) is 0 Å². The average Bonchev–Trinajstić information content (AvgIpc) is 2.96. The maximum atomic E-state index is 12.8. The summed E-state index contributed by atoms with van der Waals surface area (Å²) in [5.74, 6) is -0.0849. The van der Waals surface area contributed by atoms with Crippen LogP contribution in [0.15, 0.2) is 24.3 Å². The second-order valence-electron chi connectivity index (χ2n) is 7.12. The molecule has 1 aromatic rings. The highest BCUT2D eigenvalue weighted by molar-refractivity contribution is 6.31. The zero-order valence-corrected chi connectivity index (χ0v) is 15.5. The second-order valence-corrected chi connectivity index (χ2v) is 7.52. The molecule has 0 aliphatic carbocycles. The van der Waals surface area contributed by atoms with E-state index in [0.29, 0.717) is 24.5 Å². The number of likely N-dealkylation sites (tertiary alicyclic amines) is 1. The summed E-state index contributed by atoms with van der Waals surface area (Å²) < 4.78 is 5.41. The van der Waals surface area contributed by atoms with Crippen LogP contribution in [0.3, 0.4) is 0 Å². The minimum absolute atomic E-state index is 0.0849. The third kappa shape index (κ3) is 4.63. The maximum absolute atomic E-state index is 12.8. The first kappa shape index (κ1) is 18.6. The molecule has 2 rings (SSSR count). The Morgan fingerprint density at radius 1 is 1.33 bits per heavy atom. The molecule has 1 atom stereocenters. The summed E-state index contributed by atoms with van der Waals surface area (Å²) in [5, 5.41) is 0.632. The first-order valence-corrected chi connectivity index (χ1v) is 8.55. The lowest BCUT2D eigenvalue weighted by Crippen LogP contribution is -2.47. The zero-order valence-electron chi connectivity index (χ0n) is 14.7. The smallest absolute Gasteiger partial charge is 0.410 e. The van der Waals surface area contributed by atoms with E-state index >= 15 is 0 Å². The van der Waals surface area contributed by atoms with Crippen LogP contribution in [0.4, 0.5) is 4.79 Å². The number of amides is 2. The second kappa shape index (κ2) is 7.43. The number of halogens is 1. The molecule has 0 saturated carbocycles. The van der Waals surface area contributed by atoms with Crippen molar-refractivity contribution in [3.8, 4) is 0 Å². The third-order valence-corrected chi connectivity index (χ3v) is 4.28. The Balaban J connectivity index is 2.04. The highest BCUT2D eigenvalue weighted by atomic mass is 35.5. The van der Waals surface area contributed by atoms with Crippen LogP contribution in [0.25, 0.3) is 0 Å². The molecule has 5 nitrogen and oxygen atoms in total. The first-order valence-electron chi connectivity index (χ1n) is 8.17. The lowest BCUT2D eigenvalue weighted by molar-refractivity contribution is -0.135. The van der Waals surface area contributed by atoms with Gasteiger partial charge in [0.2, 0.25) is 5.91 Å². The van der Waals surface area contributed by atoms with Gasteiger partial charge in [-0.25, -0.2) is 4.79 Å². The largest absolute Gasteiger partial charge is 0.444 e. The average molecular weight is 353 g/mol. The van der Waals surface area contributed by atoms with Gasteiger partial charge in [0, 0.05) is 25.2 Å². The highest BCUT2D eigenvalue weighted by Gasteiger charge is 2.37. The van der Waals surface area contributed by atoms with Gasteiger partial charge in [0.05, 0.1) is 0 Å². The molecule has 6 heteroatoms. The molecule has 0 aromatic heterocycles. The van der Waals surface area contributed by atoms with Crippen molar-refractivity contribution < 1.29 is 14.3 Å². The summed E-state index contributed by atoms with van der Waals surface area (Å²) in [6.45, 7) is 6.42. The molecule has 0 N–H and O–H groups in total. The maximum Gasteiger partial charge on any atom is 0.410 e. The van der Waals surface area contributed by atoms with Gasteiger partial charge >= 0.3 is 6.09 Å². The predicted molar refractivity (Wildman–Crippen MR) is 93.9 cm³/mol. The quantitative estimate of drug-likeness (QED) is 0.833. The molecule has 0 radical (unpaired) electrons. The summed E-state index contributed by atoms with van der Waals surface area (Å²) in [7, 11) is 1.73. The number of benzene rings is 1. The first-order chi connectivity index (χ1) is 11.2. The number of ether oxygens (including phenoxy) is 1. The number of likely N-dealkylation sites (N-methyl/N-ethyl adjacent to an activating group) is 1. The Hall–Kier alpha value is -1.75. The molecular formula is C18H25ClN2O3. The van der Waals surface area contributed by atoms with E-state index in [0.717, 1.165) is 12.0 Å². The van der Waals surface area contributed by atoms with Gasteiger partial charge in [0.15, 0.2) is 0 Å². The van der Waals surface area contributed by atoms with Crippen LogP contribution < -0.4 is 0 Å². The van der Waals surface area contributed by atoms with Gasteiger partial charge in [-0.05, 0) is 45.2 Å². The van der Waals surface area contributed by atoms with E-state index < -0.39 is 17.7 Å². The standard InChI is InChI=1S/C18H25ClN2O3/c1-18(2,3)24-17(23)21-11-7-10-15(21)16(22)20(4)12-13-8-5-6-9-14(13)19/h5-6,8-9,15H,7,10-12H2,1-4H3. The topological polar surface area (TPSA) is 49.9 Å². The van der Waals surface area contributed by atoms with Crippen LogP contribution in [-0.2, 0) is 16.1 Å². The van der Waals surface area contributed by atoms with Crippen molar-refractivity contribution in [2.24, 2.45) is 0 Å². The minimum atomic E-state index is -0.573. The summed E-state index contributed by atoms with van der Waals surface area (Å²) >= 11 is 6.16. The van der Waals surface area contributed by atoms with E-state index in [1.54, 1.807) is 18.0 Å². The Labute approximate surface area is 148 Å². The van der Waals surface area contributed by atoms with Crippen LogP contribution in [0.5, 0.6) is 0 Å². The van der Waals surface area contributed by atoms with E-state index in [-0.39, 0.29) is 5.91 Å². The molecule has 24 heavy (non-hydrogen) atoms. The Morgan fingerprint density at radius 3 is 2.62 bits per heavy atom. The SMILES string of the molecule is CN(Cc1ccccc1Cl)C(=O)C1CCCN1C(=O)OC(C)(C)C. The van der Waals surface area contributed by atoms with Crippen molar-refractivity contribution in [1.29, 1.82) is 0 Å². The molecule has 1 aromatic carbocycles. The normalized spacial score (nSPS) is 17.7. The molecule has 1 saturated heterocycles. The minimum Gasteiger partial charge on any atom is -0.444 e. The lowest BCUT2D eigenvalue weighted by atomic mass is 10.1. The number of carbonyl (C=O) groups is 2. The molecular weight excluding hydrogens is 328 g/mol. The monoisotopic (exact) mass is 352 g/mol. The number of hydrogen-bond acceptors (Lipinski definition) is 3. The third-order valence-electron chi connectivity index (χ3n) is 3.91. The predicted octanol–water partition coefficient (Wildman–Crippen LogP) is 3.70. The van der Waals surface area contributed by atoms with E-state index in [1.807, 2.05) is 39.0 Å². The summed E-state index contributed by atoms with van der Waals surface area (Å²) in [6, 6.07) is 6.98. The number of rotatable bonds is 3. The van der Waals surface area contributed by atoms with Crippen molar-refractivity contribution in [3.05, 3.63) is 34.9 Å². The fourth-order valence-corrected chi connectivity index (χ4v) is 2.97. The molecule has 0 bridgehead atoms. The van der Waals surface area contributed by atoms with Crippen LogP contribution >= 0.6 is 11.6 Å². The van der Waals surface area contributed by atoms with Crippen LogP contribution in [0, 0.1) is 0 Å². The summed E-state index contributed by atoms with van der Waals surface area (Å²) in [6.07, 6.45) is 1.03. The van der Waals surface area contributed by atoms with Crippen LogP contribution in [0.1, 0.15) is 39.2 Å². The van der Waals surface area contributed by atoms with Gasteiger partial charge < -0.3 is 9.64 Å².